The van der Waals surface area contributed by atoms with E-state index >= 15 is 0 Å². The lowest BCUT2D eigenvalue weighted by molar-refractivity contribution is -0.139. The van der Waals surface area contributed by atoms with E-state index in [2.05, 4.69) is 4.98 Å². The number of ether oxygens (including phenoxy) is 1. The molecule has 0 aliphatic carbocycles. The number of nitrogens with zero attached hydrogens (tertiary/aromatic N) is 1. The predicted molar refractivity (Wildman–Crippen MR) is 74.3 cm³/mol. The second-order valence-corrected chi connectivity index (χ2v) is 4.54. The smallest absolute Gasteiger partial charge is 0.341 e. The number of aromatic nitrogens is 1. The third-order valence-electron chi connectivity index (χ3n) is 2.69. The first-order valence-electron chi connectivity index (χ1n) is 5.98. The van der Waals surface area contributed by atoms with E-state index < -0.39 is 12.6 Å². The zero-order valence-corrected chi connectivity index (χ0v) is 11.3. The summed E-state index contributed by atoms with van der Waals surface area (Å²) in [6.07, 6.45) is 1.72. The standard InChI is InChI=1S/C14H12ClNO4/c15-11-5-6-12(20-8-13(18)19)14-10(11)4-3-9(16-14)2-1-7-17/h3-7H,1-2,8H2,(H,18,19). The van der Waals surface area contributed by atoms with Crippen molar-refractivity contribution in [2.45, 2.75) is 12.8 Å². The van der Waals surface area contributed by atoms with Gasteiger partial charge in [-0.25, -0.2) is 9.78 Å². The van der Waals surface area contributed by atoms with Gasteiger partial charge in [0.1, 0.15) is 17.6 Å². The van der Waals surface area contributed by atoms with Gasteiger partial charge in [0, 0.05) is 17.5 Å². The van der Waals surface area contributed by atoms with Crippen molar-refractivity contribution in [3.8, 4) is 5.75 Å². The van der Waals surface area contributed by atoms with E-state index in [1.54, 1.807) is 24.3 Å². The van der Waals surface area contributed by atoms with Crippen LogP contribution in [0.4, 0.5) is 0 Å². The zero-order valence-electron chi connectivity index (χ0n) is 10.5. The van der Waals surface area contributed by atoms with Crippen LogP contribution in [0.5, 0.6) is 5.75 Å². The van der Waals surface area contributed by atoms with Crippen LogP contribution in [0.15, 0.2) is 24.3 Å². The summed E-state index contributed by atoms with van der Waals surface area (Å²) in [4.78, 5) is 25.4. The summed E-state index contributed by atoms with van der Waals surface area (Å²) in [5.74, 6) is -0.704. The number of pyridine rings is 1. The summed E-state index contributed by atoms with van der Waals surface area (Å²) in [6.45, 7) is -0.447. The van der Waals surface area contributed by atoms with Gasteiger partial charge in [-0.3, -0.25) is 0 Å². The molecule has 0 radical (unpaired) electrons. The number of aryl methyl sites for hydroxylation is 1. The van der Waals surface area contributed by atoms with Crippen molar-refractivity contribution in [3.63, 3.8) is 0 Å². The van der Waals surface area contributed by atoms with Gasteiger partial charge >= 0.3 is 5.97 Å². The van der Waals surface area contributed by atoms with Gasteiger partial charge in [-0.1, -0.05) is 11.6 Å². The molecule has 1 aromatic carbocycles. The van der Waals surface area contributed by atoms with Crippen molar-refractivity contribution < 1.29 is 19.4 Å². The molecule has 0 saturated carbocycles. The van der Waals surface area contributed by atoms with Crippen LogP contribution in [0, 0.1) is 0 Å². The highest BCUT2D eigenvalue weighted by molar-refractivity contribution is 6.35. The van der Waals surface area contributed by atoms with Crippen LogP contribution in [0.1, 0.15) is 12.1 Å². The van der Waals surface area contributed by atoms with Crippen LogP contribution >= 0.6 is 11.6 Å². The minimum Gasteiger partial charge on any atom is -0.480 e. The SMILES string of the molecule is O=CCCc1ccc2c(Cl)ccc(OCC(=O)O)c2n1. The molecule has 6 heteroatoms. The van der Waals surface area contributed by atoms with Crippen LogP contribution in [-0.2, 0) is 16.0 Å². The minimum absolute atomic E-state index is 0.361. The fraction of sp³-hybridized carbons (Fsp3) is 0.214. The molecule has 1 aromatic heterocycles. The molecular weight excluding hydrogens is 282 g/mol. The summed E-state index contributed by atoms with van der Waals surface area (Å²) in [5.41, 5.74) is 1.23. The second-order valence-electron chi connectivity index (χ2n) is 4.13. The van der Waals surface area contributed by atoms with E-state index in [9.17, 15) is 9.59 Å². The predicted octanol–water partition coefficient (Wildman–Crippen LogP) is 2.48. The molecule has 104 valence electrons. The molecule has 0 spiro atoms. The molecule has 0 saturated heterocycles. The Hall–Kier alpha value is -2.14. The van der Waals surface area contributed by atoms with Gasteiger partial charge in [-0.05, 0) is 30.7 Å². The minimum atomic E-state index is -1.06. The van der Waals surface area contributed by atoms with Crippen molar-refractivity contribution in [2.75, 3.05) is 6.61 Å². The van der Waals surface area contributed by atoms with Crippen molar-refractivity contribution >= 4 is 34.8 Å². The molecule has 0 amide bonds. The van der Waals surface area contributed by atoms with Crippen LogP contribution in [-0.4, -0.2) is 29.0 Å². The average molecular weight is 294 g/mol. The summed E-state index contributed by atoms with van der Waals surface area (Å²) in [7, 11) is 0. The third-order valence-corrected chi connectivity index (χ3v) is 3.02. The van der Waals surface area contributed by atoms with Crippen LogP contribution in [0.2, 0.25) is 5.02 Å². The number of aliphatic carboxylic acids is 1. The first-order chi connectivity index (χ1) is 9.61. The maximum absolute atomic E-state index is 10.6. The highest BCUT2D eigenvalue weighted by Gasteiger charge is 2.10. The number of carbonyl (C=O) groups is 2. The Labute approximate surface area is 120 Å². The van der Waals surface area contributed by atoms with Crippen LogP contribution < -0.4 is 4.74 Å². The number of benzene rings is 1. The van der Waals surface area contributed by atoms with Gasteiger partial charge in [0.05, 0.1) is 5.02 Å². The van der Waals surface area contributed by atoms with Crippen LogP contribution in [0.3, 0.4) is 0 Å². The Morgan fingerprint density at radius 2 is 2.15 bits per heavy atom. The third kappa shape index (κ3) is 3.24. The Morgan fingerprint density at radius 1 is 1.35 bits per heavy atom. The largest absolute Gasteiger partial charge is 0.480 e. The van der Waals surface area contributed by atoms with Crippen molar-refractivity contribution in [1.29, 1.82) is 0 Å². The fourth-order valence-electron chi connectivity index (χ4n) is 1.80. The Kier molecular flexibility index (Phi) is 4.53. The Bertz CT molecular complexity index is 657. The molecule has 20 heavy (non-hydrogen) atoms. The summed E-state index contributed by atoms with van der Waals surface area (Å²) in [5, 5.41) is 9.86. The van der Waals surface area contributed by atoms with Gasteiger partial charge in [0.25, 0.3) is 0 Å². The molecule has 2 aromatic rings. The highest BCUT2D eigenvalue weighted by atomic mass is 35.5. The summed E-state index contributed by atoms with van der Waals surface area (Å²) < 4.78 is 5.20. The van der Waals surface area contributed by atoms with Crippen molar-refractivity contribution in [3.05, 3.63) is 35.0 Å². The molecule has 0 unspecified atom stereocenters. The highest BCUT2D eigenvalue weighted by Crippen LogP contribution is 2.30. The fourth-order valence-corrected chi connectivity index (χ4v) is 2.02. The Morgan fingerprint density at radius 3 is 2.85 bits per heavy atom. The van der Waals surface area contributed by atoms with Crippen molar-refractivity contribution in [1.82, 2.24) is 4.98 Å². The average Bonchev–Trinajstić information content (AvgIpc) is 2.44. The number of aldehydes is 1. The van der Waals surface area contributed by atoms with Gasteiger partial charge < -0.3 is 14.6 Å². The van der Waals surface area contributed by atoms with E-state index in [0.717, 1.165) is 12.0 Å². The number of carbonyl (C=O) groups excluding carboxylic acids is 1. The first-order valence-corrected chi connectivity index (χ1v) is 6.36. The first kappa shape index (κ1) is 14.3. The second kappa shape index (κ2) is 6.34. The quantitative estimate of drug-likeness (QED) is 0.828. The molecular formula is C14H12ClNO4. The lowest BCUT2D eigenvalue weighted by Gasteiger charge is -2.09. The molecule has 0 atom stereocenters. The maximum atomic E-state index is 10.6. The van der Waals surface area contributed by atoms with Gasteiger partial charge in [-0.15, -0.1) is 0 Å². The molecule has 0 aliphatic heterocycles. The molecule has 1 N–H and O–H groups in total. The lowest BCUT2D eigenvalue weighted by Crippen LogP contribution is -2.10. The van der Waals surface area contributed by atoms with E-state index in [1.807, 2.05) is 0 Å². The molecule has 1 heterocycles. The molecule has 0 bridgehead atoms. The van der Waals surface area contributed by atoms with Crippen LogP contribution in [0.25, 0.3) is 10.9 Å². The molecule has 0 fully saturated rings. The maximum Gasteiger partial charge on any atom is 0.341 e. The summed E-state index contributed by atoms with van der Waals surface area (Å²) >= 11 is 6.08. The van der Waals surface area contributed by atoms with Gasteiger partial charge in [-0.2, -0.15) is 0 Å². The number of hydrogen-bond donors (Lipinski definition) is 1. The van der Waals surface area contributed by atoms with Gasteiger partial charge in [0.15, 0.2) is 6.61 Å². The van der Waals surface area contributed by atoms with Crippen molar-refractivity contribution in [2.24, 2.45) is 0 Å². The van der Waals surface area contributed by atoms with E-state index in [1.165, 1.54) is 0 Å². The number of halogens is 1. The van der Waals surface area contributed by atoms with Gasteiger partial charge in [0.2, 0.25) is 0 Å². The van der Waals surface area contributed by atoms with E-state index in [4.69, 9.17) is 21.4 Å². The number of carboxylic acid groups (broad SMARTS) is 1. The number of rotatable bonds is 6. The number of carboxylic acids is 1. The molecule has 0 aliphatic rings. The summed E-state index contributed by atoms with van der Waals surface area (Å²) in [6, 6.07) is 6.80. The topological polar surface area (TPSA) is 76.5 Å². The number of fused-ring (bicyclic) bond motifs is 1. The molecule has 2 rings (SSSR count). The normalized spacial score (nSPS) is 10.4. The number of hydrogen-bond acceptors (Lipinski definition) is 4. The molecule has 5 nitrogen and oxygen atoms in total. The zero-order chi connectivity index (χ0) is 14.5. The Balaban J connectivity index is 2.42. The monoisotopic (exact) mass is 293 g/mol. The van der Waals surface area contributed by atoms with E-state index in [0.29, 0.717) is 34.5 Å². The van der Waals surface area contributed by atoms with E-state index in [-0.39, 0.29) is 0 Å². The lowest BCUT2D eigenvalue weighted by atomic mass is 10.1.